The monoisotopic (exact) mass is 267 g/mol. The second kappa shape index (κ2) is 5.17. The van der Waals surface area contributed by atoms with Gasteiger partial charge in [0.05, 0.1) is 16.0 Å². The van der Waals surface area contributed by atoms with Crippen LogP contribution in [0, 0.1) is 13.8 Å². The summed E-state index contributed by atoms with van der Waals surface area (Å²) < 4.78 is 0. The van der Waals surface area contributed by atoms with Crippen molar-refractivity contribution in [3.8, 4) is 0 Å². The highest BCUT2D eigenvalue weighted by molar-refractivity contribution is 7.10. The molecular formula is C13H14ClNOS. The minimum absolute atomic E-state index is 0.500. The Hall–Kier alpha value is -0.900. The SMILES string of the molecule is Cc1ccc(CC(O)c2scc(C)c2Cl)nc1. The number of pyridine rings is 1. The van der Waals surface area contributed by atoms with Crippen molar-refractivity contribution in [2.45, 2.75) is 26.4 Å². The molecule has 0 saturated carbocycles. The number of thiophene rings is 1. The molecule has 0 amide bonds. The molecule has 4 heteroatoms. The van der Waals surface area contributed by atoms with Gasteiger partial charge in [-0.2, -0.15) is 0 Å². The van der Waals surface area contributed by atoms with Gasteiger partial charge in [0.2, 0.25) is 0 Å². The van der Waals surface area contributed by atoms with Crippen LogP contribution in [0.3, 0.4) is 0 Å². The van der Waals surface area contributed by atoms with Crippen molar-refractivity contribution in [1.29, 1.82) is 0 Å². The fourth-order valence-corrected chi connectivity index (χ4v) is 2.89. The maximum atomic E-state index is 10.1. The summed E-state index contributed by atoms with van der Waals surface area (Å²) in [7, 11) is 0. The van der Waals surface area contributed by atoms with Crippen molar-refractivity contribution in [2.75, 3.05) is 0 Å². The average Bonchev–Trinajstić information content (AvgIpc) is 2.63. The molecule has 0 radical (unpaired) electrons. The lowest BCUT2D eigenvalue weighted by atomic mass is 10.1. The maximum Gasteiger partial charge on any atom is 0.0952 e. The van der Waals surface area contributed by atoms with E-state index in [-0.39, 0.29) is 0 Å². The molecule has 2 nitrogen and oxygen atoms in total. The van der Waals surface area contributed by atoms with Gasteiger partial charge in [0, 0.05) is 18.3 Å². The summed E-state index contributed by atoms with van der Waals surface area (Å²) in [5.74, 6) is 0. The molecule has 0 fully saturated rings. The minimum atomic E-state index is -0.573. The van der Waals surface area contributed by atoms with Crippen molar-refractivity contribution in [1.82, 2.24) is 4.98 Å². The van der Waals surface area contributed by atoms with Gasteiger partial charge in [0.15, 0.2) is 0 Å². The number of aliphatic hydroxyl groups excluding tert-OH is 1. The molecule has 2 aromatic rings. The molecule has 0 spiro atoms. The van der Waals surface area contributed by atoms with Crippen LogP contribution in [0.1, 0.15) is 27.8 Å². The van der Waals surface area contributed by atoms with Crippen LogP contribution in [-0.4, -0.2) is 10.1 Å². The molecule has 1 atom stereocenters. The first-order valence-corrected chi connectivity index (χ1v) is 6.66. The molecule has 0 saturated heterocycles. The van der Waals surface area contributed by atoms with E-state index >= 15 is 0 Å². The fraction of sp³-hybridized carbons (Fsp3) is 0.308. The summed E-state index contributed by atoms with van der Waals surface area (Å²) in [6.07, 6.45) is 1.74. The standard InChI is InChI=1S/C13H14ClNOS/c1-8-3-4-10(15-6-8)5-11(16)13-12(14)9(2)7-17-13/h3-4,6-7,11,16H,5H2,1-2H3. The quantitative estimate of drug-likeness (QED) is 0.920. The van der Waals surface area contributed by atoms with Crippen LogP contribution in [0.25, 0.3) is 0 Å². The Morgan fingerprint density at radius 2 is 2.18 bits per heavy atom. The Morgan fingerprint density at radius 1 is 1.41 bits per heavy atom. The van der Waals surface area contributed by atoms with E-state index < -0.39 is 6.10 Å². The van der Waals surface area contributed by atoms with E-state index in [1.807, 2.05) is 37.6 Å². The Morgan fingerprint density at radius 3 is 2.71 bits per heavy atom. The summed E-state index contributed by atoms with van der Waals surface area (Å²) in [5.41, 5.74) is 3.01. The molecule has 1 unspecified atom stereocenters. The van der Waals surface area contributed by atoms with Crippen LogP contribution in [0.2, 0.25) is 5.02 Å². The topological polar surface area (TPSA) is 33.1 Å². The number of aryl methyl sites for hydroxylation is 2. The van der Waals surface area contributed by atoms with Crippen molar-refractivity contribution in [3.63, 3.8) is 0 Å². The van der Waals surface area contributed by atoms with Crippen LogP contribution >= 0.6 is 22.9 Å². The highest BCUT2D eigenvalue weighted by Gasteiger charge is 2.16. The highest BCUT2D eigenvalue weighted by atomic mass is 35.5. The number of aliphatic hydroxyl groups is 1. The lowest BCUT2D eigenvalue weighted by Gasteiger charge is -2.09. The fourth-order valence-electron chi connectivity index (χ4n) is 1.58. The largest absolute Gasteiger partial charge is 0.387 e. The van der Waals surface area contributed by atoms with Crippen molar-refractivity contribution in [3.05, 3.63) is 50.4 Å². The Labute approximate surface area is 110 Å². The third kappa shape index (κ3) is 2.86. The molecule has 2 rings (SSSR count). The van der Waals surface area contributed by atoms with Crippen LogP contribution < -0.4 is 0 Å². The van der Waals surface area contributed by atoms with E-state index in [0.29, 0.717) is 11.4 Å². The minimum Gasteiger partial charge on any atom is -0.387 e. The molecule has 0 aliphatic carbocycles. The van der Waals surface area contributed by atoms with Crippen LogP contribution in [-0.2, 0) is 6.42 Å². The van der Waals surface area contributed by atoms with E-state index in [1.54, 1.807) is 0 Å². The van der Waals surface area contributed by atoms with Gasteiger partial charge in [-0.25, -0.2) is 0 Å². The number of halogens is 1. The van der Waals surface area contributed by atoms with E-state index in [0.717, 1.165) is 21.7 Å². The Balaban J connectivity index is 2.14. The number of nitrogens with zero attached hydrogens (tertiary/aromatic N) is 1. The highest BCUT2D eigenvalue weighted by Crippen LogP contribution is 2.33. The van der Waals surface area contributed by atoms with Gasteiger partial charge < -0.3 is 5.11 Å². The zero-order valence-electron chi connectivity index (χ0n) is 9.77. The summed E-state index contributed by atoms with van der Waals surface area (Å²) in [5, 5.41) is 12.8. The predicted octanol–water partition coefficient (Wildman–Crippen LogP) is 3.69. The number of aromatic nitrogens is 1. The Bertz CT molecular complexity index is 507. The average molecular weight is 268 g/mol. The van der Waals surface area contributed by atoms with Gasteiger partial charge in [-0.3, -0.25) is 4.98 Å². The van der Waals surface area contributed by atoms with Crippen molar-refractivity contribution in [2.24, 2.45) is 0 Å². The summed E-state index contributed by atoms with van der Waals surface area (Å²) in [4.78, 5) is 5.11. The summed E-state index contributed by atoms with van der Waals surface area (Å²) >= 11 is 7.62. The molecule has 17 heavy (non-hydrogen) atoms. The number of rotatable bonds is 3. The molecule has 0 aliphatic rings. The van der Waals surface area contributed by atoms with Crippen molar-refractivity contribution < 1.29 is 5.11 Å². The van der Waals surface area contributed by atoms with Crippen LogP contribution in [0.15, 0.2) is 23.7 Å². The van der Waals surface area contributed by atoms with Gasteiger partial charge in [-0.05, 0) is 36.4 Å². The third-order valence-corrected chi connectivity index (χ3v) is 4.42. The van der Waals surface area contributed by atoms with Crippen LogP contribution in [0.4, 0.5) is 0 Å². The second-order valence-electron chi connectivity index (χ2n) is 4.14. The molecule has 1 N–H and O–H groups in total. The van der Waals surface area contributed by atoms with Gasteiger partial charge in [0.25, 0.3) is 0 Å². The van der Waals surface area contributed by atoms with E-state index in [9.17, 15) is 5.11 Å². The second-order valence-corrected chi connectivity index (χ2v) is 5.43. The predicted molar refractivity (Wildman–Crippen MR) is 71.7 cm³/mol. The van der Waals surface area contributed by atoms with E-state index in [2.05, 4.69) is 4.98 Å². The lowest BCUT2D eigenvalue weighted by Crippen LogP contribution is -2.02. The van der Waals surface area contributed by atoms with Gasteiger partial charge >= 0.3 is 0 Å². The molecule has 0 bridgehead atoms. The summed E-state index contributed by atoms with van der Waals surface area (Å²) in [6.45, 7) is 3.94. The molecule has 0 aromatic carbocycles. The molecule has 90 valence electrons. The molecule has 2 heterocycles. The van der Waals surface area contributed by atoms with Gasteiger partial charge in [0.1, 0.15) is 0 Å². The van der Waals surface area contributed by atoms with E-state index in [1.165, 1.54) is 11.3 Å². The number of hydrogen-bond donors (Lipinski definition) is 1. The zero-order valence-corrected chi connectivity index (χ0v) is 11.3. The third-order valence-electron chi connectivity index (χ3n) is 2.60. The lowest BCUT2D eigenvalue weighted by molar-refractivity contribution is 0.181. The van der Waals surface area contributed by atoms with Gasteiger partial charge in [-0.15, -0.1) is 11.3 Å². The maximum absolute atomic E-state index is 10.1. The van der Waals surface area contributed by atoms with Gasteiger partial charge in [-0.1, -0.05) is 17.7 Å². The first kappa shape index (κ1) is 12.6. The van der Waals surface area contributed by atoms with Crippen LogP contribution in [0.5, 0.6) is 0 Å². The normalized spacial score (nSPS) is 12.7. The first-order chi connectivity index (χ1) is 8.08. The molecular weight excluding hydrogens is 254 g/mol. The number of hydrogen-bond acceptors (Lipinski definition) is 3. The molecule has 0 aliphatic heterocycles. The zero-order chi connectivity index (χ0) is 12.4. The van der Waals surface area contributed by atoms with E-state index in [4.69, 9.17) is 11.6 Å². The molecule has 2 aromatic heterocycles. The Kier molecular flexibility index (Phi) is 3.82. The van der Waals surface area contributed by atoms with Crippen molar-refractivity contribution >= 4 is 22.9 Å². The summed E-state index contributed by atoms with van der Waals surface area (Å²) in [6, 6.07) is 3.93. The smallest absolute Gasteiger partial charge is 0.0952 e. The first-order valence-electron chi connectivity index (χ1n) is 5.41.